The molecule has 0 unspecified atom stereocenters. The first-order valence-corrected chi connectivity index (χ1v) is 8.22. The van der Waals surface area contributed by atoms with Crippen molar-refractivity contribution in [3.63, 3.8) is 0 Å². The zero-order chi connectivity index (χ0) is 14.5. The van der Waals surface area contributed by atoms with Crippen LogP contribution in [-0.2, 0) is 0 Å². The lowest BCUT2D eigenvalue weighted by molar-refractivity contribution is 0.0717. The molecule has 0 bridgehead atoms. The third kappa shape index (κ3) is 3.52. The Labute approximate surface area is 126 Å². The molecule has 0 atom stereocenters. The highest BCUT2D eigenvalue weighted by Crippen LogP contribution is 2.17. The molecule has 2 saturated heterocycles. The maximum Gasteiger partial charge on any atom is 0.274 e. The van der Waals surface area contributed by atoms with Gasteiger partial charge in [-0.25, -0.2) is 0 Å². The van der Waals surface area contributed by atoms with E-state index in [1.54, 1.807) is 0 Å². The standard InChI is InChI=1S/C16H24N4O/c21-16(20-12-6-3-7-13-20)14-8-9-15(18-17-14)19-10-4-1-2-5-11-19/h8-9H,1-7,10-13H2. The third-order valence-electron chi connectivity index (χ3n) is 4.44. The summed E-state index contributed by atoms with van der Waals surface area (Å²) < 4.78 is 0. The summed E-state index contributed by atoms with van der Waals surface area (Å²) in [6.07, 6.45) is 8.47. The molecule has 0 radical (unpaired) electrons. The average Bonchev–Trinajstić information content (AvgIpc) is 2.84. The van der Waals surface area contributed by atoms with Gasteiger partial charge in [0.05, 0.1) is 0 Å². The first kappa shape index (κ1) is 14.3. The van der Waals surface area contributed by atoms with Crippen molar-refractivity contribution in [2.75, 3.05) is 31.1 Å². The van der Waals surface area contributed by atoms with Crippen LogP contribution in [-0.4, -0.2) is 47.2 Å². The van der Waals surface area contributed by atoms with E-state index in [0.29, 0.717) is 5.69 Å². The summed E-state index contributed by atoms with van der Waals surface area (Å²) in [5.41, 5.74) is 0.482. The molecule has 5 nitrogen and oxygen atoms in total. The molecule has 2 fully saturated rings. The van der Waals surface area contributed by atoms with E-state index in [4.69, 9.17) is 0 Å². The van der Waals surface area contributed by atoms with Crippen molar-refractivity contribution in [2.24, 2.45) is 0 Å². The van der Waals surface area contributed by atoms with Crippen molar-refractivity contribution in [1.82, 2.24) is 15.1 Å². The van der Waals surface area contributed by atoms with Crippen LogP contribution < -0.4 is 4.90 Å². The van der Waals surface area contributed by atoms with Crippen molar-refractivity contribution in [2.45, 2.75) is 44.9 Å². The number of nitrogens with zero attached hydrogens (tertiary/aromatic N) is 4. The molecule has 21 heavy (non-hydrogen) atoms. The number of hydrogen-bond acceptors (Lipinski definition) is 4. The van der Waals surface area contributed by atoms with Gasteiger partial charge >= 0.3 is 0 Å². The Morgan fingerprint density at radius 3 is 2.05 bits per heavy atom. The summed E-state index contributed by atoms with van der Waals surface area (Å²) in [6, 6.07) is 3.79. The van der Waals surface area contributed by atoms with E-state index in [2.05, 4.69) is 15.1 Å². The summed E-state index contributed by atoms with van der Waals surface area (Å²) in [5.74, 6) is 0.941. The molecule has 0 aromatic carbocycles. The largest absolute Gasteiger partial charge is 0.355 e. The number of carbonyl (C=O) groups excluding carboxylic acids is 1. The lowest BCUT2D eigenvalue weighted by Crippen LogP contribution is -2.36. The van der Waals surface area contributed by atoms with Gasteiger partial charge in [0.1, 0.15) is 0 Å². The lowest BCUT2D eigenvalue weighted by Gasteiger charge is -2.26. The van der Waals surface area contributed by atoms with Gasteiger partial charge in [-0.3, -0.25) is 4.79 Å². The summed E-state index contributed by atoms with van der Waals surface area (Å²) in [5, 5.41) is 8.47. The predicted octanol–water partition coefficient (Wildman–Crippen LogP) is 2.48. The Hall–Kier alpha value is -1.65. The highest BCUT2D eigenvalue weighted by molar-refractivity contribution is 5.92. The van der Waals surface area contributed by atoms with E-state index in [9.17, 15) is 4.79 Å². The van der Waals surface area contributed by atoms with Crippen LogP contribution in [0.15, 0.2) is 12.1 Å². The molecule has 114 valence electrons. The van der Waals surface area contributed by atoms with Crippen LogP contribution in [0.1, 0.15) is 55.4 Å². The SMILES string of the molecule is O=C(c1ccc(N2CCCCCC2)nn1)N1CCCCC1. The quantitative estimate of drug-likeness (QED) is 0.839. The number of likely N-dealkylation sites (tertiary alicyclic amines) is 1. The van der Waals surface area contributed by atoms with E-state index < -0.39 is 0 Å². The van der Waals surface area contributed by atoms with Crippen molar-refractivity contribution in [1.29, 1.82) is 0 Å². The Morgan fingerprint density at radius 1 is 0.810 bits per heavy atom. The Morgan fingerprint density at radius 2 is 1.43 bits per heavy atom. The maximum absolute atomic E-state index is 12.4. The first-order valence-electron chi connectivity index (χ1n) is 8.22. The minimum absolute atomic E-state index is 0.0321. The first-order chi connectivity index (χ1) is 10.3. The molecule has 0 saturated carbocycles. The Kier molecular flexibility index (Phi) is 4.68. The molecule has 2 aliphatic heterocycles. The molecule has 1 aromatic rings. The molecule has 3 rings (SSSR count). The number of anilines is 1. The molecule has 0 spiro atoms. The third-order valence-corrected chi connectivity index (χ3v) is 4.44. The summed E-state index contributed by atoms with van der Waals surface area (Å²) >= 11 is 0. The molecule has 1 aromatic heterocycles. The van der Waals surface area contributed by atoms with Crippen LogP contribution >= 0.6 is 0 Å². The van der Waals surface area contributed by atoms with E-state index in [1.807, 2.05) is 17.0 Å². The minimum Gasteiger partial charge on any atom is -0.355 e. The number of hydrogen-bond donors (Lipinski definition) is 0. The molecular formula is C16H24N4O. The van der Waals surface area contributed by atoms with Crippen LogP contribution in [0.5, 0.6) is 0 Å². The fourth-order valence-corrected chi connectivity index (χ4v) is 3.17. The summed E-state index contributed by atoms with van der Waals surface area (Å²) in [6.45, 7) is 3.81. The van der Waals surface area contributed by atoms with Gasteiger partial charge in [-0.15, -0.1) is 10.2 Å². The van der Waals surface area contributed by atoms with Gasteiger partial charge < -0.3 is 9.80 Å². The molecule has 3 heterocycles. The molecule has 1 amide bonds. The van der Waals surface area contributed by atoms with Crippen LogP contribution in [0.2, 0.25) is 0 Å². The summed E-state index contributed by atoms with van der Waals surface area (Å²) in [4.78, 5) is 16.5. The van der Waals surface area contributed by atoms with Crippen molar-refractivity contribution in [3.05, 3.63) is 17.8 Å². The van der Waals surface area contributed by atoms with Crippen LogP contribution in [0.3, 0.4) is 0 Å². The second kappa shape index (κ2) is 6.87. The second-order valence-electron chi connectivity index (χ2n) is 6.03. The van der Waals surface area contributed by atoms with E-state index >= 15 is 0 Å². The maximum atomic E-state index is 12.4. The summed E-state index contributed by atoms with van der Waals surface area (Å²) in [7, 11) is 0. The second-order valence-corrected chi connectivity index (χ2v) is 6.03. The van der Waals surface area contributed by atoms with Gasteiger partial charge in [-0.1, -0.05) is 12.8 Å². The fourth-order valence-electron chi connectivity index (χ4n) is 3.17. The number of piperidine rings is 1. The van der Waals surface area contributed by atoms with Crippen LogP contribution in [0.4, 0.5) is 5.82 Å². The van der Waals surface area contributed by atoms with Gasteiger partial charge in [0.15, 0.2) is 11.5 Å². The van der Waals surface area contributed by atoms with Gasteiger partial charge in [0, 0.05) is 26.2 Å². The fraction of sp³-hybridized carbons (Fsp3) is 0.688. The molecule has 0 aliphatic carbocycles. The van der Waals surface area contributed by atoms with Gasteiger partial charge in [-0.05, 0) is 44.2 Å². The molecule has 2 aliphatic rings. The normalized spacial score (nSPS) is 20.2. The number of carbonyl (C=O) groups is 1. The Balaban J connectivity index is 1.66. The van der Waals surface area contributed by atoms with Crippen molar-refractivity contribution in [3.8, 4) is 0 Å². The van der Waals surface area contributed by atoms with E-state index in [0.717, 1.165) is 44.8 Å². The minimum atomic E-state index is 0.0321. The van der Waals surface area contributed by atoms with Gasteiger partial charge in [-0.2, -0.15) is 0 Å². The van der Waals surface area contributed by atoms with Gasteiger partial charge in [0.2, 0.25) is 0 Å². The number of rotatable bonds is 2. The zero-order valence-electron chi connectivity index (χ0n) is 12.6. The smallest absolute Gasteiger partial charge is 0.274 e. The molecule has 5 heteroatoms. The van der Waals surface area contributed by atoms with Crippen molar-refractivity contribution < 1.29 is 4.79 Å². The van der Waals surface area contributed by atoms with E-state index in [1.165, 1.54) is 32.1 Å². The molecular weight excluding hydrogens is 264 g/mol. The van der Waals surface area contributed by atoms with Crippen LogP contribution in [0.25, 0.3) is 0 Å². The van der Waals surface area contributed by atoms with E-state index in [-0.39, 0.29) is 5.91 Å². The number of aromatic nitrogens is 2. The van der Waals surface area contributed by atoms with Crippen molar-refractivity contribution >= 4 is 11.7 Å². The van der Waals surface area contributed by atoms with Crippen LogP contribution in [0, 0.1) is 0 Å². The monoisotopic (exact) mass is 288 g/mol. The topological polar surface area (TPSA) is 49.3 Å². The zero-order valence-corrected chi connectivity index (χ0v) is 12.6. The Bertz CT molecular complexity index is 460. The number of amides is 1. The lowest BCUT2D eigenvalue weighted by atomic mass is 10.1. The highest BCUT2D eigenvalue weighted by atomic mass is 16.2. The predicted molar refractivity (Wildman–Crippen MR) is 82.5 cm³/mol. The molecule has 0 N–H and O–H groups in total. The van der Waals surface area contributed by atoms with Gasteiger partial charge in [0.25, 0.3) is 5.91 Å². The highest BCUT2D eigenvalue weighted by Gasteiger charge is 2.20. The average molecular weight is 288 g/mol.